The molecule has 1 fully saturated rings. The standard InChI is InChI=1S/C20H28N2O6S/c1-6-27-18(23)14-10-11-21(19(24)28-20(3,4)5)17(14)15-12-13(22(25)26)8-9-16(15)29-7-2/h8-9,12,14,17H,6-7,10-11H2,1-5H3/t14-,17+/m1/s1. The number of likely N-dealkylation sites (tertiary alicyclic amines) is 1. The Balaban J connectivity index is 2.55. The maximum absolute atomic E-state index is 12.9. The summed E-state index contributed by atoms with van der Waals surface area (Å²) >= 11 is 1.51. The van der Waals surface area contributed by atoms with Crippen LogP contribution in [0, 0.1) is 16.0 Å². The minimum atomic E-state index is -0.701. The molecule has 0 spiro atoms. The number of nitrogens with zero attached hydrogens (tertiary/aromatic N) is 2. The number of hydrogen-bond acceptors (Lipinski definition) is 7. The Morgan fingerprint density at radius 3 is 2.55 bits per heavy atom. The monoisotopic (exact) mass is 424 g/mol. The molecule has 0 saturated carbocycles. The van der Waals surface area contributed by atoms with E-state index in [0.717, 1.165) is 10.6 Å². The molecule has 9 heteroatoms. The largest absolute Gasteiger partial charge is 0.466 e. The number of ether oxygens (including phenoxy) is 2. The van der Waals surface area contributed by atoms with Crippen molar-refractivity contribution >= 4 is 29.5 Å². The number of carbonyl (C=O) groups is 2. The van der Waals surface area contributed by atoms with Crippen LogP contribution in [0.15, 0.2) is 23.1 Å². The Kier molecular flexibility index (Phi) is 7.51. The first-order valence-electron chi connectivity index (χ1n) is 9.66. The van der Waals surface area contributed by atoms with E-state index in [2.05, 4.69) is 0 Å². The van der Waals surface area contributed by atoms with Gasteiger partial charge in [0.25, 0.3) is 5.69 Å². The van der Waals surface area contributed by atoms with Gasteiger partial charge in [-0.1, -0.05) is 6.92 Å². The van der Waals surface area contributed by atoms with E-state index in [4.69, 9.17) is 9.47 Å². The summed E-state index contributed by atoms with van der Waals surface area (Å²) < 4.78 is 10.8. The molecular weight excluding hydrogens is 396 g/mol. The van der Waals surface area contributed by atoms with Crippen LogP contribution in [-0.2, 0) is 14.3 Å². The fourth-order valence-electron chi connectivity index (χ4n) is 3.37. The van der Waals surface area contributed by atoms with Gasteiger partial charge in [-0.3, -0.25) is 14.9 Å². The van der Waals surface area contributed by atoms with E-state index in [-0.39, 0.29) is 12.3 Å². The minimum absolute atomic E-state index is 0.0842. The van der Waals surface area contributed by atoms with Gasteiger partial charge in [-0.05, 0) is 51.5 Å². The topological polar surface area (TPSA) is 99.0 Å². The number of esters is 1. The van der Waals surface area contributed by atoms with E-state index in [9.17, 15) is 19.7 Å². The van der Waals surface area contributed by atoms with Crippen LogP contribution >= 0.6 is 11.8 Å². The molecule has 1 aliphatic rings. The van der Waals surface area contributed by atoms with Crippen molar-refractivity contribution in [3.63, 3.8) is 0 Å². The van der Waals surface area contributed by atoms with Crippen molar-refractivity contribution in [1.82, 2.24) is 4.90 Å². The predicted octanol–water partition coefficient (Wildman–Crippen LogP) is 4.57. The van der Waals surface area contributed by atoms with Crippen LogP contribution in [0.4, 0.5) is 10.5 Å². The van der Waals surface area contributed by atoms with Gasteiger partial charge in [0.1, 0.15) is 5.60 Å². The van der Waals surface area contributed by atoms with Crippen molar-refractivity contribution in [2.24, 2.45) is 5.92 Å². The van der Waals surface area contributed by atoms with E-state index in [1.54, 1.807) is 33.8 Å². The van der Waals surface area contributed by atoms with Gasteiger partial charge in [0.2, 0.25) is 0 Å². The Hall–Kier alpha value is -2.29. The molecule has 29 heavy (non-hydrogen) atoms. The van der Waals surface area contributed by atoms with Gasteiger partial charge in [0.15, 0.2) is 0 Å². The van der Waals surface area contributed by atoms with Crippen LogP contribution in [0.5, 0.6) is 0 Å². The molecule has 2 rings (SSSR count). The summed E-state index contributed by atoms with van der Waals surface area (Å²) in [5.74, 6) is -0.281. The van der Waals surface area contributed by atoms with Crippen LogP contribution in [0.25, 0.3) is 0 Å². The van der Waals surface area contributed by atoms with E-state index in [0.29, 0.717) is 18.5 Å². The van der Waals surface area contributed by atoms with E-state index in [1.165, 1.54) is 28.8 Å². The first-order valence-corrected chi connectivity index (χ1v) is 10.6. The van der Waals surface area contributed by atoms with Crippen LogP contribution in [0.1, 0.15) is 52.6 Å². The number of carbonyl (C=O) groups excluding carboxylic acids is 2. The predicted molar refractivity (Wildman–Crippen MR) is 110 cm³/mol. The van der Waals surface area contributed by atoms with Crippen LogP contribution < -0.4 is 0 Å². The van der Waals surface area contributed by atoms with Crippen LogP contribution in [-0.4, -0.2) is 46.4 Å². The lowest BCUT2D eigenvalue weighted by Gasteiger charge is -2.31. The highest BCUT2D eigenvalue weighted by molar-refractivity contribution is 7.99. The molecule has 1 aromatic carbocycles. The maximum Gasteiger partial charge on any atom is 0.410 e. The number of nitro groups is 1. The zero-order chi connectivity index (χ0) is 21.8. The van der Waals surface area contributed by atoms with E-state index in [1.807, 2.05) is 6.92 Å². The number of thioether (sulfide) groups is 1. The van der Waals surface area contributed by atoms with Gasteiger partial charge in [-0.15, -0.1) is 11.8 Å². The molecule has 1 amide bonds. The second-order valence-corrected chi connectivity index (χ2v) is 8.98. The molecule has 0 aromatic heterocycles. The van der Waals surface area contributed by atoms with Crippen molar-refractivity contribution in [2.45, 2.75) is 57.6 Å². The zero-order valence-corrected chi connectivity index (χ0v) is 18.3. The lowest BCUT2D eigenvalue weighted by molar-refractivity contribution is -0.385. The van der Waals surface area contributed by atoms with Gasteiger partial charge in [0.05, 0.1) is 23.5 Å². The number of hydrogen-bond donors (Lipinski definition) is 0. The third-order valence-electron chi connectivity index (χ3n) is 4.44. The Labute approximate surface area is 175 Å². The molecule has 0 aliphatic carbocycles. The fourth-order valence-corrected chi connectivity index (χ4v) is 4.19. The van der Waals surface area contributed by atoms with Crippen molar-refractivity contribution in [3.05, 3.63) is 33.9 Å². The third-order valence-corrected chi connectivity index (χ3v) is 5.41. The normalized spacial score (nSPS) is 19.1. The molecule has 0 bridgehead atoms. The maximum atomic E-state index is 12.9. The van der Waals surface area contributed by atoms with Gasteiger partial charge in [-0.2, -0.15) is 0 Å². The highest BCUT2D eigenvalue weighted by Crippen LogP contribution is 2.43. The van der Waals surface area contributed by atoms with Crippen LogP contribution in [0.2, 0.25) is 0 Å². The Morgan fingerprint density at radius 1 is 1.31 bits per heavy atom. The van der Waals surface area contributed by atoms with Crippen LogP contribution in [0.3, 0.4) is 0 Å². The summed E-state index contributed by atoms with van der Waals surface area (Å²) in [6.45, 7) is 9.53. The third kappa shape index (κ3) is 5.62. The summed E-state index contributed by atoms with van der Waals surface area (Å²) in [5.41, 5.74) is -0.209. The van der Waals surface area contributed by atoms with Crippen molar-refractivity contribution in [3.8, 4) is 0 Å². The quantitative estimate of drug-likeness (QED) is 0.285. The molecule has 2 atom stereocenters. The molecule has 0 N–H and O–H groups in total. The summed E-state index contributed by atoms with van der Waals surface area (Å²) in [6, 6.07) is 3.89. The number of benzene rings is 1. The highest BCUT2D eigenvalue weighted by atomic mass is 32.2. The second kappa shape index (κ2) is 9.47. The average molecular weight is 425 g/mol. The van der Waals surface area contributed by atoms with Crippen molar-refractivity contribution in [2.75, 3.05) is 18.9 Å². The molecule has 8 nitrogen and oxygen atoms in total. The summed E-state index contributed by atoms with van der Waals surface area (Å²) in [4.78, 5) is 38.7. The van der Waals surface area contributed by atoms with Crippen molar-refractivity contribution in [1.29, 1.82) is 0 Å². The van der Waals surface area contributed by atoms with Gasteiger partial charge in [0, 0.05) is 23.6 Å². The fraction of sp³-hybridized carbons (Fsp3) is 0.600. The van der Waals surface area contributed by atoms with Gasteiger partial charge in [-0.25, -0.2) is 4.79 Å². The second-order valence-electron chi connectivity index (χ2n) is 7.68. The molecule has 160 valence electrons. The zero-order valence-electron chi connectivity index (χ0n) is 17.5. The lowest BCUT2D eigenvalue weighted by atomic mass is 9.93. The first kappa shape index (κ1) is 23.0. The first-order chi connectivity index (χ1) is 13.6. The van der Waals surface area contributed by atoms with E-state index >= 15 is 0 Å². The summed E-state index contributed by atoms with van der Waals surface area (Å²) in [6.07, 6.45) is -0.143. The number of nitro benzene ring substituents is 1. The molecule has 0 unspecified atom stereocenters. The number of amides is 1. The summed E-state index contributed by atoms with van der Waals surface area (Å²) in [5, 5.41) is 11.4. The Bertz CT molecular complexity index is 777. The molecule has 0 radical (unpaired) electrons. The summed E-state index contributed by atoms with van der Waals surface area (Å²) in [7, 11) is 0. The van der Waals surface area contributed by atoms with Gasteiger partial charge >= 0.3 is 12.1 Å². The van der Waals surface area contributed by atoms with E-state index < -0.39 is 34.5 Å². The highest BCUT2D eigenvalue weighted by Gasteiger charge is 2.45. The minimum Gasteiger partial charge on any atom is -0.466 e. The number of non-ortho nitro benzene ring substituents is 1. The lowest BCUT2D eigenvalue weighted by Crippen LogP contribution is -2.38. The average Bonchev–Trinajstić information content (AvgIpc) is 3.06. The Morgan fingerprint density at radius 2 is 2.00 bits per heavy atom. The molecular formula is C20H28N2O6S. The molecule has 1 aliphatic heterocycles. The molecule has 1 aromatic rings. The smallest absolute Gasteiger partial charge is 0.410 e. The van der Waals surface area contributed by atoms with Gasteiger partial charge < -0.3 is 14.4 Å². The van der Waals surface area contributed by atoms with Crippen molar-refractivity contribution < 1.29 is 24.0 Å². The molecule has 1 saturated heterocycles. The SMILES string of the molecule is CCOC(=O)[C@@H]1CCN(C(=O)OC(C)(C)C)[C@@H]1c1cc([N+](=O)[O-])ccc1SCC. The number of rotatable bonds is 6. The molecule has 1 heterocycles.